The second kappa shape index (κ2) is 3.65. The monoisotopic (exact) mass is 208 g/mol. The molecule has 1 aromatic rings. The molecule has 0 bridgehead atoms. The fourth-order valence-electron chi connectivity index (χ4n) is 1.35. The SMILES string of the molecule is Cc1ccc(SC2CC2C(=O)O)cc1. The van der Waals surface area contributed by atoms with Crippen molar-refractivity contribution in [1.29, 1.82) is 0 Å². The normalized spacial score (nSPS) is 24.6. The first-order chi connectivity index (χ1) is 6.66. The van der Waals surface area contributed by atoms with Crippen LogP contribution in [0, 0.1) is 12.8 Å². The highest BCUT2D eigenvalue weighted by Gasteiger charge is 2.43. The van der Waals surface area contributed by atoms with E-state index < -0.39 is 5.97 Å². The predicted octanol–water partition coefficient (Wildman–Crippen LogP) is 2.56. The van der Waals surface area contributed by atoms with Crippen LogP contribution >= 0.6 is 11.8 Å². The van der Waals surface area contributed by atoms with Crippen LogP contribution in [-0.4, -0.2) is 16.3 Å². The minimum Gasteiger partial charge on any atom is -0.481 e. The Kier molecular flexibility index (Phi) is 2.50. The van der Waals surface area contributed by atoms with Crippen LogP contribution in [0.1, 0.15) is 12.0 Å². The Balaban J connectivity index is 1.94. The van der Waals surface area contributed by atoms with E-state index in [9.17, 15) is 4.79 Å². The summed E-state index contributed by atoms with van der Waals surface area (Å²) in [4.78, 5) is 11.8. The third-order valence-corrected chi connectivity index (χ3v) is 3.73. The van der Waals surface area contributed by atoms with Gasteiger partial charge in [0.2, 0.25) is 0 Å². The Morgan fingerprint density at radius 2 is 2.07 bits per heavy atom. The van der Waals surface area contributed by atoms with Gasteiger partial charge in [0.15, 0.2) is 0 Å². The highest BCUT2D eigenvalue weighted by Crippen LogP contribution is 2.45. The topological polar surface area (TPSA) is 37.3 Å². The summed E-state index contributed by atoms with van der Waals surface area (Å²) in [5.41, 5.74) is 1.24. The molecule has 2 nitrogen and oxygen atoms in total. The lowest BCUT2D eigenvalue weighted by molar-refractivity contribution is -0.138. The maximum atomic E-state index is 10.6. The van der Waals surface area contributed by atoms with Crippen molar-refractivity contribution in [2.75, 3.05) is 0 Å². The van der Waals surface area contributed by atoms with E-state index in [4.69, 9.17) is 5.11 Å². The molecule has 0 spiro atoms. The number of aryl methyl sites for hydroxylation is 1. The van der Waals surface area contributed by atoms with Crippen LogP contribution in [0.25, 0.3) is 0 Å². The van der Waals surface area contributed by atoms with Crippen molar-refractivity contribution in [3.8, 4) is 0 Å². The van der Waals surface area contributed by atoms with Gasteiger partial charge in [-0.3, -0.25) is 4.79 Å². The molecule has 74 valence electrons. The van der Waals surface area contributed by atoms with Gasteiger partial charge in [0.25, 0.3) is 0 Å². The molecule has 1 aliphatic rings. The molecule has 2 rings (SSSR count). The predicted molar refractivity (Wildman–Crippen MR) is 56.6 cm³/mol. The number of thioether (sulfide) groups is 1. The third kappa shape index (κ3) is 2.10. The van der Waals surface area contributed by atoms with E-state index in [0.717, 1.165) is 6.42 Å². The summed E-state index contributed by atoms with van der Waals surface area (Å²) in [6.45, 7) is 2.05. The van der Waals surface area contributed by atoms with E-state index in [2.05, 4.69) is 24.3 Å². The molecule has 1 saturated carbocycles. The molecule has 2 unspecified atom stereocenters. The van der Waals surface area contributed by atoms with Gasteiger partial charge in [-0.25, -0.2) is 0 Å². The van der Waals surface area contributed by atoms with Gasteiger partial charge in [-0.2, -0.15) is 0 Å². The first-order valence-corrected chi connectivity index (χ1v) is 5.51. The highest BCUT2D eigenvalue weighted by molar-refractivity contribution is 8.00. The molecule has 3 heteroatoms. The van der Waals surface area contributed by atoms with E-state index in [1.165, 1.54) is 10.5 Å². The molecule has 0 heterocycles. The third-order valence-electron chi connectivity index (χ3n) is 2.36. The van der Waals surface area contributed by atoms with Crippen LogP contribution < -0.4 is 0 Å². The summed E-state index contributed by atoms with van der Waals surface area (Å²) >= 11 is 1.67. The van der Waals surface area contributed by atoms with E-state index in [-0.39, 0.29) is 11.2 Å². The van der Waals surface area contributed by atoms with E-state index in [1.807, 2.05) is 6.92 Å². The van der Waals surface area contributed by atoms with Crippen molar-refractivity contribution >= 4 is 17.7 Å². The zero-order valence-corrected chi connectivity index (χ0v) is 8.75. The quantitative estimate of drug-likeness (QED) is 0.829. The first-order valence-electron chi connectivity index (χ1n) is 4.63. The van der Waals surface area contributed by atoms with Gasteiger partial charge in [-0.1, -0.05) is 17.7 Å². The average Bonchev–Trinajstić information content (AvgIpc) is 2.88. The van der Waals surface area contributed by atoms with Gasteiger partial charge < -0.3 is 5.11 Å². The fraction of sp³-hybridized carbons (Fsp3) is 0.364. The zero-order valence-electron chi connectivity index (χ0n) is 7.93. The molecule has 14 heavy (non-hydrogen) atoms. The molecule has 1 fully saturated rings. The fourth-order valence-corrected chi connectivity index (χ4v) is 2.58. The number of hydrogen-bond acceptors (Lipinski definition) is 2. The van der Waals surface area contributed by atoms with E-state index in [1.54, 1.807) is 11.8 Å². The number of aliphatic carboxylic acids is 1. The van der Waals surface area contributed by atoms with E-state index in [0.29, 0.717) is 0 Å². The van der Waals surface area contributed by atoms with Crippen LogP contribution in [-0.2, 0) is 4.79 Å². The van der Waals surface area contributed by atoms with E-state index >= 15 is 0 Å². The molecule has 1 aromatic carbocycles. The minimum atomic E-state index is -0.658. The Morgan fingerprint density at radius 3 is 2.57 bits per heavy atom. The van der Waals surface area contributed by atoms with Gasteiger partial charge in [0.05, 0.1) is 5.92 Å². The summed E-state index contributed by atoms with van der Waals surface area (Å²) in [6.07, 6.45) is 0.813. The lowest BCUT2D eigenvalue weighted by Crippen LogP contribution is -1.99. The molecule has 0 aromatic heterocycles. The van der Waals surface area contributed by atoms with Gasteiger partial charge in [0.1, 0.15) is 0 Å². The minimum absolute atomic E-state index is 0.124. The number of rotatable bonds is 3. The zero-order chi connectivity index (χ0) is 10.1. The van der Waals surface area contributed by atoms with Crippen molar-refractivity contribution in [2.24, 2.45) is 5.92 Å². The van der Waals surface area contributed by atoms with Crippen LogP contribution in [0.5, 0.6) is 0 Å². The largest absolute Gasteiger partial charge is 0.481 e. The smallest absolute Gasteiger partial charge is 0.307 e. The Hall–Kier alpha value is -0.960. The van der Waals surface area contributed by atoms with Crippen molar-refractivity contribution < 1.29 is 9.90 Å². The molecule has 0 aliphatic heterocycles. The maximum Gasteiger partial charge on any atom is 0.307 e. The molecule has 0 saturated heterocycles. The number of carboxylic acids is 1. The van der Waals surface area contributed by atoms with Crippen molar-refractivity contribution in [3.63, 3.8) is 0 Å². The summed E-state index contributed by atoms with van der Waals surface area (Å²) in [7, 11) is 0. The van der Waals surface area contributed by atoms with Crippen LogP contribution in [0.3, 0.4) is 0 Å². The number of carboxylic acid groups (broad SMARTS) is 1. The highest BCUT2D eigenvalue weighted by atomic mass is 32.2. The number of carbonyl (C=O) groups is 1. The van der Waals surface area contributed by atoms with Crippen molar-refractivity contribution in [3.05, 3.63) is 29.8 Å². The summed E-state index contributed by atoms with van der Waals surface area (Å²) in [5.74, 6) is -0.782. The molecular weight excluding hydrogens is 196 g/mol. The Bertz CT molecular complexity index is 345. The van der Waals surface area contributed by atoms with Gasteiger partial charge in [0, 0.05) is 10.1 Å². The van der Waals surface area contributed by atoms with Gasteiger partial charge in [-0.15, -0.1) is 11.8 Å². The average molecular weight is 208 g/mol. The maximum absolute atomic E-state index is 10.6. The van der Waals surface area contributed by atoms with Crippen LogP contribution in [0.15, 0.2) is 29.2 Å². The summed E-state index contributed by atoms with van der Waals surface area (Å²) in [5, 5.41) is 9.02. The second-order valence-corrected chi connectivity index (χ2v) is 4.96. The molecule has 0 radical (unpaired) electrons. The summed E-state index contributed by atoms with van der Waals surface area (Å²) in [6, 6.07) is 8.22. The van der Waals surface area contributed by atoms with Gasteiger partial charge in [-0.05, 0) is 25.5 Å². The lowest BCUT2D eigenvalue weighted by atomic mass is 10.2. The molecular formula is C11H12O2S. The second-order valence-electron chi connectivity index (χ2n) is 3.65. The Morgan fingerprint density at radius 1 is 1.43 bits per heavy atom. The van der Waals surface area contributed by atoms with Crippen LogP contribution in [0.4, 0.5) is 0 Å². The number of benzene rings is 1. The molecule has 0 amide bonds. The molecule has 1 N–H and O–H groups in total. The van der Waals surface area contributed by atoms with Crippen LogP contribution in [0.2, 0.25) is 0 Å². The first kappa shape index (κ1) is 9.59. The van der Waals surface area contributed by atoms with Crippen molar-refractivity contribution in [2.45, 2.75) is 23.5 Å². The molecule has 1 aliphatic carbocycles. The lowest BCUT2D eigenvalue weighted by Gasteiger charge is -1.99. The Labute approximate surface area is 87.3 Å². The van der Waals surface area contributed by atoms with Gasteiger partial charge >= 0.3 is 5.97 Å². The standard InChI is InChI=1S/C11H12O2S/c1-7-2-4-8(5-3-7)14-10-6-9(10)11(12)13/h2-5,9-10H,6H2,1H3,(H,12,13). The summed E-state index contributed by atoms with van der Waals surface area (Å²) < 4.78 is 0. The van der Waals surface area contributed by atoms with Crippen molar-refractivity contribution in [1.82, 2.24) is 0 Å². The number of hydrogen-bond donors (Lipinski definition) is 1. The molecule has 2 atom stereocenters.